The van der Waals surface area contributed by atoms with Crippen LogP contribution in [0.25, 0.3) is 0 Å². The topological polar surface area (TPSA) is 119 Å². The SMILES string of the molecule is CC(C)(C)OC(=O)C[C@@H](NBC=O)C(=O)ON1C(=O)CCC1=O. The Hall–Kier alpha value is -2.23. The first-order valence-corrected chi connectivity index (χ1v) is 7.10. The Morgan fingerprint density at radius 3 is 2.35 bits per heavy atom. The fraction of sp³-hybridized carbons (Fsp3) is 0.615. The fourth-order valence-electron chi connectivity index (χ4n) is 1.79. The minimum absolute atomic E-state index is 0.0371. The Balaban J connectivity index is 2.70. The molecule has 0 aliphatic carbocycles. The third kappa shape index (κ3) is 6.19. The van der Waals surface area contributed by atoms with Crippen LogP contribution in [0.4, 0.5) is 0 Å². The standard InChI is InChI=1S/C13H19BN2O7/c1-13(2,3)22-11(20)6-8(15-14-7-17)12(21)23-16-9(18)4-5-10(16)19/h7-8,14-15H,4-6H2,1-3H3/t8-/m1/s1. The number of nitrogens with zero attached hydrogens (tertiary/aromatic N) is 1. The van der Waals surface area contributed by atoms with Gasteiger partial charge in [0.15, 0.2) is 0 Å². The van der Waals surface area contributed by atoms with Crippen molar-refractivity contribution in [1.29, 1.82) is 0 Å². The predicted octanol–water partition coefficient (Wildman–Crippen LogP) is -1.17. The van der Waals surface area contributed by atoms with Crippen molar-refractivity contribution >= 4 is 37.4 Å². The highest BCUT2D eigenvalue weighted by molar-refractivity contribution is 6.64. The summed E-state index contributed by atoms with van der Waals surface area (Å²) in [7, 11) is -0.204. The molecule has 10 heteroatoms. The molecule has 0 unspecified atom stereocenters. The maximum Gasteiger partial charge on any atom is 0.349 e. The number of nitrogens with one attached hydrogen (secondary N) is 1. The summed E-state index contributed by atoms with van der Waals surface area (Å²) >= 11 is 0. The van der Waals surface area contributed by atoms with E-state index in [4.69, 9.17) is 9.57 Å². The van der Waals surface area contributed by atoms with Gasteiger partial charge < -0.3 is 19.6 Å². The van der Waals surface area contributed by atoms with E-state index in [0.29, 0.717) is 11.2 Å². The second kappa shape index (κ2) is 7.86. The number of hydroxylamine groups is 2. The normalized spacial score (nSPS) is 16.0. The fourth-order valence-corrected chi connectivity index (χ4v) is 1.79. The molecule has 1 fully saturated rings. The van der Waals surface area contributed by atoms with Crippen LogP contribution in [-0.4, -0.2) is 54.1 Å². The summed E-state index contributed by atoms with van der Waals surface area (Å²) in [6, 6.07) is -1.21. The molecule has 126 valence electrons. The van der Waals surface area contributed by atoms with Gasteiger partial charge in [-0.2, -0.15) is 0 Å². The van der Waals surface area contributed by atoms with Crippen molar-refractivity contribution in [2.24, 2.45) is 0 Å². The molecule has 1 rings (SSSR count). The number of carbonyl (C=O) groups excluding carboxylic acids is 5. The van der Waals surface area contributed by atoms with Gasteiger partial charge in [0.05, 0.1) is 12.6 Å². The first-order chi connectivity index (χ1) is 10.6. The molecule has 0 bridgehead atoms. The molecule has 1 aliphatic rings. The maximum absolute atomic E-state index is 12.0. The first-order valence-electron chi connectivity index (χ1n) is 7.10. The quantitative estimate of drug-likeness (QED) is 0.269. The molecule has 0 aromatic carbocycles. The van der Waals surface area contributed by atoms with Crippen LogP contribution >= 0.6 is 0 Å². The molecule has 0 spiro atoms. The molecule has 23 heavy (non-hydrogen) atoms. The van der Waals surface area contributed by atoms with E-state index < -0.39 is 41.8 Å². The lowest BCUT2D eigenvalue weighted by molar-refractivity contribution is -0.199. The van der Waals surface area contributed by atoms with Crippen molar-refractivity contribution in [2.75, 3.05) is 0 Å². The van der Waals surface area contributed by atoms with Crippen LogP contribution in [0.15, 0.2) is 0 Å². The summed E-state index contributed by atoms with van der Waals surface area (Å²) in [4.78, 5) is 61.9. The minimum Gasteiger partial charge on any atom is -0.460 e. The van der Waals surface area contributed by atoms with Gasteiger partial charge in [0.2, 0.25) is 0 Å². The molecule has 0 aromatic heterocycles. The van der Waals surface area contributed by atoms with E-state index in [9.17, 15) is 24.0 Å². The van der Waals surface area contributed by atoms with E-state index in [2.05, 4.69) is 5.23 Å². The number of ether oxygens (including phenoxy) is 1. The van der Waals surface area contributed by atoms with E-state index in [0.717, 1.165) is 0 Å². The number of rotatable bonds is 7. The molecule has 0 aromatic rings. The van der Waals surface area contributed by atoms with Gasteiger partial charge in [-0.1, -0.05) is 0 Å². The summed E-state index contributed by atoms with van der Waals surface area (Å²) in [5.41, 5.74) is -0.739. The van der Waals surface area contributed by atoms with Crippen LogP contribution < -0.4 is 5.23 Å². The highest BCUT2D eigenvalue weighted by atomic mass is 16.7. The van der Waals surface area contributed by atoms with Crippen LogP contribution in [0.2, 0.25) is 0 Å². The summed E-state index contributed by atoms with van der Waals surface area (Å²) in [6.45, 7) is 5.00. The van der Waals surface area contributed by atoms with Crippen LogP contribution in [0, 0.1) is 0 Å². The number of esters is 1. The van der Waals surface area contributed by atoms with E-state index in [1.165, 1.54) is 0 Å². The smallest absolute Gasteiger partial charge is 0.349 e. The summed E-state index contributed by atoms with van der Waals surface area (Å²) in [5.74, 6) is -2.96. The molecule has 1 aliphatic heterocycles. The minimum atomic E-state index is -1.21. The van der Waals surface area contributed by atoms with Crippen LogP contribution in [0.1, 0.15) is 40.0 Å². The van der Waals surface area contributed by atoms with Gasteiger partial charge in [-0.25, -0.2) is 4.79 Å². The Bertz CT molecular complexity index is 499. The zero-order valence-corrected chi connectivity index (χ0v) is 13.3. The number of hydrogen-bond acceptors (Lipinski definition) is 8. The predicted molar refractivity (Wildman–Crippen MR) is 78.5 cm³/mol. The average molecular weight is 326 g/mol. The molecular weight excluding hydrogens is 307 g/mol. The Morgan fingerprint density at radius 2 is 1.87 bits per heavy atom. The van der Waals surface area contributed by atoms with Crippen molar-refractivity contribution in [1.82, 2.24) is 10.3 Å². The van der Waals surface area contributed by atoms with Crippen LogP contribution in [0.3, 0.4) is 0 Å². The van der Waals surface area contributed by atoms with E-state index in [-0.39, 0.29) is 20.3 Å². The van der Waals surface area contributed by atoms with Crippen molar-refractivity contribution in [3.63, 3.8) is 0 Å². The molecule has 1 N–H and O–H groups in total. The average Bonchev–Trinajstić information content (AvgIpc) is 2.73. The van der Waals surface area contributed by atoms with Crippen molar-refractivity contribution in [2.45, 2.75) is 51.7 Å². The van der Waals surface area contributed by atoms with Gasteiger partial charge in [0.1, 0.15) is 11.6 Å². The molecule has 0 saturated carbocycles. The number of imide groups is 1. The van der Waals surface area contributed by atoms with Gasteiger partial charge in [-0.3, -0.25) is 14.4 Å². The number of hydrogen-bond donors (Lipinski definition) is 1. The van der Waals surface area contributed by atoms with Crippen molar-refractivity contribution in [3.8, 4) is 0 Å². The zero-order valence-electron chi connectivity index (χ0n) is 13.3. The molecule has 9 nitrogen and oxygen atoms in total. The number of amides is 2. The van der Waals surface area contributed by atoms with E-state index in [1.807, 2.05) is 0 Å². The highest BCUT2D eigenvalue weighted by Crippen LogP contribution is 2.14. The highest BCUT2D eigenvalue weighted by Gasteiger charge is 2.35. The third-order valence-corrected chi connectivity index (χ3v) is 2.71. The second-order valence-electron chi connectivity index (χ2n) is 5.91. The Labute approximate surface area is 133 Å². The lowest BCUT2D eigenvalue weighted by Gasteiger charge is -2.22. The van der Waals surface area contributed by atoms with Crippen LogP contribution in [0.5, 0.6) is 0 Å². The van der Waals surface area contributed by atoms with E-state index in [1.54, 1.807) is 20.8 Å². The van der Waals surface area contributed by atoms with Gasteiger partial charge in [-0.15, -0.1) is 5.06 Å². The van der Waals surface area contributed by atoms with E-state index >= 15 is 0 Å². The van der Waals surface area contributed by atoms with Gasteiger partial charge in [0.25, 0.3) is 19.2 Å². The molecule has 2 amide bonds. The molecule has 1 saturated heterocycles. The van der Waals surface area contributed by atoms with Gasteiger partial charge >= 0.3 is 11.9 Å². The lowest BCUT2D eigenvalue weighted by Crippen LogP contribution is -2.46. The molecule has 1 atom stereocenters. The van der Waals surface area contributed by atoms with Crippen LogP contribution in [-0.2, 0) is 33.5 Å². The van der Waals surface area contributed by atoms with Gasteiger partial charge in [-0.05, 0) is 20.8 Å². The largest absolute Gasteiger partial charge is 0.460 e. The summed E-state index contributed by atoms with van der Waals surface area (Å²) < 4.78 is 5.09. The first kappa shape index (κ1) is 18.8. The number of carbonyl (C=O) groups is 5. The zero-order chi connectivity index (χ0) is 17.6. The third-order valence-electron chi connectivity index (χ3n) is 2.71. The second-order valence-corrected chi connectivity index (χ2v) is 5.91. The molecule has 0 radical (unpaired) electrons. The monoisotopic (exact) mass is 326 g/mol. The lowest BCUT2D eigenvalue weighted by atomic mass is 9.95. The molecular formula is C13H19BN2O7. The summed E-state index contributed by atoms with van der Waals surface area (Å²) in [6.07, 6.45) is 0.0247. The van der Waals surface area contributed by atoms with Crippen molar-refractivity contribution in [3.05, 3.63) is 0 Å². The maximum atomic E-state index is 12.0. The molecule has 1 heterocycles. The Kier molecular flexibility index (Phi) is 6.43. The summed E-state index contributed by atoms with van der Waals surface area (Å²) in [5, 5.41) is 2.88. The van der Waals surface area contributed by atoms with Crippen molar-refractivity contribution < 1.29 is 33.5 Å². The Morgan fingerprint density at radius 1 is 1.30 bits per heavy atom. The van der Waals surface area contributed by atoms with Gasteiger partial charge in [0, 0.05) is 12.8 Å².